The summed E-state index contributed by atoms with van der Waals surface area (Å²) in [6.07, 6.45) is 5.82. The maximum atomic E-state index is 11.0. The molecule has 11 heavy (non-hydrogen) atoms. The van der Waals surface area contributed by atoms with E-state index in [1.165, 1.54) is 0 Å². The number of primary sulfonamides is 1. The lowest BCUT2D eigenvalue weighted by molar-refractivity contribution is 0.563. The fraction of sp³-hybridized carbons (Fsp3) is 0.714. The Morgan fingerprint density at radius 1 is 1.27 bits per heavy atom. The summed E-state index contributed by atoms with van der Waals surface area (Å²) in [7, 11) is -3.28. The monoisotopic (exact) mass is 173 g/mol. The first-order valence-electron chi connectivity index (χ1n) is 3.77. The Kier molecular flexibility index (Phi) is 1.38. The number of allylic oxidation sites excluding steroid dienone is 2. The van der Waals surface area contributed by atoms with Crippen molar-refractivity contribution in [3.05, 3.63) is 12.2 Å². The molecule has 2 aliphatic carbocycles. The Morgan fingerprint density at radius 2 is 2.00 bits per heavy atom. The maximum Gasteiger partial charge on any atom is 0.212 e. The lowest BCUT2D eigenvalue weighted by Gasteiger charge is -2.14. The minimum absolute atomic E-state index is 0.204. The second kappa shape index (κ2) is 2.08. The van der Waals surface area contributed by atoms with Gasteiger partial charge in [0.2, 0.25) is 10.0 Å². The largest absolute Gasteiger partial charge is 0.228 e. The molecular formula is C7H11NO2S. The van der Waals surface area contributed by atoms with Gasteiger partial charge in [-0.3, -0.25) is 0 Å². The van der Waals surface area contributed by atoms with Crippen molar-refractivity contribution in [2.24, 2.45) is 17.0 Å². The molecule has 0 aromatic carbocycles. The molecule has 2 bridgehead atoms. The number of nitrogens with two attached hydrogens (primary N) is 1. The van der Waals surface area contributed by atoms with Gasteiger partial charge < -0.3 is 0 Å². The Balaban J connectivity index is 2.28. The van der Waals surface area contributed by atoms with Crippen molar-refractivity contribution in [1.29, 1.82) is 0 Å². The second-order valence-electron chi connectivity index (χ2n) is 3.41. The highest BCUT2D eigenvalue weighted by molar-refractivity contribution is 7.89. The molecule has 1 saturated carbocycles. The van der Waals surface area contributed by atoms with Crippen molar-refractivity contribution < 1.29 is 8.42 Å². The molecule has 0 radical (unpaired) electrons. The van der Waals surface area contributed by atoms with E-state index in [1.54, 1.807) is 0 Å². The summed E-state index contributed by atoms with van der Waals surface area (Å²) >= 11 is 0. The lowest BCUT2D eigenvalue weighted by atomic mass is 10.1. The predicted octanol–water partition coefficient (Wildman–Crippen LogP) is 0.240. The van der Waals surface area contributed by atoms with E-state index >= 15 is 0 Å². The van der Waals surface area contributed by atoms with Crippen molar-refractivity contribution in [2.75, 3.05) is 0 Å². The fourth-order valence-electron chi connectivity index (χ4n) is 2.11. The highest BCUT2D eigenvalue weighted by atomic mass is 32.2. The molecule has 0 aromatic heterocycles. The number of sulfonamides is 1. The minimum Gasteiger partial charge on any atom is -0.228 e. The molecule has 0 spiro atoms. The summed E-state index contributed by atoms with van der Waals surface area (Å²) in [5.74, 6) is 0.679. The zero-order valence-corrected chi connectivity index (χ0v) is 6.92. The Labute approximate surface area is 66.3 Å². The molecule has 0 heterocycles. The standard InChI is InChI=1S/C7H11NO2S/c8-11(9,10)7-4-5-1-2-6(7)3-5/h1-2,5-7H,3-4H2,(H2,8,9,10)/t5-,6+,7-/m1/s1. The van der Waals surface area contributed by atoms with Crippen LogP contribution in [-0.2, 0) is 10.0 Å². The SMILES string of the molecule is NS(=O)(=O)[C@@H]1C[C@@H]2C=C[C@H]1C2. The van der Waals surface area contributed by atoms with Crippen LogP contribution < -0.4 is 5.14 Å². The first-order valence-corrected chi connectivity index (χ1v) is 5.38. The van der Waals surface area contributed by atoms with Gasteiger partial charge in [-0.15, -0.1) is 0 Å². The van der Waals surface area contributed by atoms with Crippen LogP contribution in [-0.4, -0.2) is 13.7 Å². The van der Waals surface area contributed by atoms with Gasteiger partial charge in [0.25, 0.3) is 0 Å². The molecule has 0 aliphatic heterocycles. The summed E-state index contributed by atoms with van der Waals surface area (Å²) in [5.41, 5.74) is 0. The van der Waals surface area contributed by atoms with Gasteiger partial charge >= 0.3 is 0 Å². The van der Waals surface area contributed by atoms with Crippen molar-refractivity contribution in [3.8, 4) is 0 Å². The van der Waals surface area contributed by atoms with Crippen LogP contribution in [0.2, 0.25) is 0 Å². The van der Waals surface area contributed by atoms with Gasteiger partial charge in [0, 0.05) is 0 Å². The number of rotatable bonds is 1. The van der Waals surface area contributed by atoms with Crippen LogP contribution in [0.5, 0.6) is 0 Å². The molecular weight excluding hydrogens is 162 g/mol. The van der Waals surface area contributed by atoms with E-state index < -0.39 is 10.0 Å². The van der Waals surface area contributed by atoms with E-state index in [-0.39, 0.29) is 11.2 Å². The molecule has 2 rings (SSSR count). The van der Waals surface area contributed by atoms with Crippen LogP contribution in [0, 0.1) is 11.8 Å². The van der Waals surface area contributed by atoms with Gasteiger partial charge in [0.05, 0.1) is 5.25 Å². The average molecular weight is 173 g/mol. The van der Waals surface area contributed by atoms with E-state index in [4.69, 9.17) is 5.14 Å². The number of hydrogen-bond donors (Lipinski definition) is 1. The zero-order valence-electron chi connectivity index (χ0n) is 6.10. The summed E-state index contributed by atoms with van der Waals surface area (Å²) in [4.78, 5) is 0. The van der Waals surface area contributed by atoms with E-state index in [0.29, 0.717) is 5.92 Å². The van der Waals surface area contributed by atoms with Crippen molar-refractivity contribution in [1.82, 2.24) is 0 Å². The van der Waals surface area contributed by atoms with Gasteiger partial charge in [-0.05, 0) is 24.7 Å². The highest BCUT2D eigenvalue weighted by Gasteiger charge is 2.41. The fourth-order valence-corrected chi connectivity index (χ4v) is 3.31. The lowest BCUT2D eigenvalue weighted by Crippen LogP contribution is -2.31. The van der Waals surface area contributed by atoms with Crippen LogP contribution in [0.1, 0.15) is 12.8 Å². The Bertz CT molecular complexity index is 294. The zero-order chi connectivity index (χ0) is 8.06. The molecule has 3 nitrogen and oxygen atoms in total. The van der Waals surface area contributed by atoms with Gasteiger partial charge in [-0.25, -0.2) is 13.6 Å². The smallest absolute Gasteiger partial charge is 0.212 e. The maximum absolute atomic E-state index is 11.0. The molecule has 1 fully saturated rings. The van der Waals surface area contributed by atoms with Gasteiger partial charge in [0.1, 0.15) is 0 Å². The number of hydrogen-bond acceptors (Lipinski definition) is 2. The van der Waals surface area contributed by atoms with Crippen LogP contribution in [0.25, 0.3) is 0 Å². The topological polar surface area (TPSA) is 60.2 Å². The minimum atomic E-state index is -3.28. The predicted molar refractivity (Wildman–Crippen MR) is 42.2 cm³/mol. The molecule has 3 atom stereocenters. The molecule has 62 valence electrons. The normalized spacial score (nSPS) is 41.7. The van der Waals surface area contributed by atoms with E-state index in [9.17, 15) is 8.42 Å². The average Bonchev–Trinajstić information content (AvgIpc) is 2.42. The third-order valence-corrected chi connectivity index (χ3v) is 4.03. The third kappa shape index (κ3) is 1.10. The quantitative estimate of drug-likeness (QED) is 0.577. The number of fused-ring (bicyclic) bond motifs is 2. The third-order valence-electron chi connectivity index (χ3n) is 2.64. The van der Waals surface area contributed by atoms with Gasteiger partial charge in [-0.1, -0.05) is 12.2 Å². The highest BCUT2D eigenvalue weighted by Crippen LogP contribution is 2.41. The first-order chi connectivity index (χ1) is 5.07. The van der Waals surface area contributed by atoms with Gasteiger partial charge in [-0.2, -0.15) is 0 Å². The summed E-state index contributed by atoms with van der Waals surface area (Å²) in [6, 6.07) is 0. The van der Waals surface area contributed by atoms with E-state index in [1.807, 2.05) is 6.08 Å². The van der Waals surface area contributed by atoms with Gasteiger partial charge in [0.15, 0.2) is 0 Å². The van der Waals surface area contributed by atoms with Crippen molar-refractivity contribution >= 4 is 10.0 Å². The summed E-state index contributed by atoms with van der Waals surface area (Å²) in [6.45, 7) is 0. The first kappa shape index (κ1) is 7.31. The van der Waals surface area contributed by atoms with Crippen molar-refractivity contribution in [2.45, 2.75) is 18.1 Å². The van der Waals surface area contributed by atoms with Crippen LogP contribution >= 0.6 is 0 Å². The molecule has 0 amide bonds. The molecule has 2 aliphatic rings. The molecule has 2 N–H and O–H groups in total. The Morgan fingerprint density at radius 3 is 2.27 bits per heavy atom. The van der Waals surface area contributed by atoms with Crippen LogP contribution in [0.4, 0.5) is 0 Å². The van der Waals surface area contributed by atoms with E-state index in [0.717, 1.165) is 12.8 Å². The van der Waals surface area contributed by atoms with Crippen molar-refractivity contribution in [3.63, 3.8) is 0 Å². The van der Waals surface area contributed by atoms with Crippen LogP contribution in [0.3, 0.4) is 0 Å². The summed E-state index contributed by atoms with van der Waals surface area (Å²) < 4.78 is 21.9. The second-order valence-corrected chi connectivity index (χ2v) is 5.19. The molecule has 0 unspecified atom stereocenters. The molecule has 0 saturated heterocycles. The van der Waals surface area contributed by atoms with E-state index in [2.05, 4.69) is 6.08 Å². The summed E-state index contributed by atoms with van der Waals surface area (Å²) in [5, 5.41) is 4.77. The molecule has 4 heteroatoms. The molecule has 0 aromatic rings. The van der Waals surface area contributed by atoms with Crippen LogP contribution in [0.15, 0.2) is 12.2 Å². The Hall–Kier alpha value is -0.350.